The number of amides is 3. The highest BCUT2D eigenvalue weighted by molar-refractivity contribution is 6.23. The molecule has 2 saturated heterocycles. The van der Waals surface area contributed by atoms with Crippen molar-refractivity contribution in [2.75, 3.05) is 65.4 Å². The molecule has 0 radical (unpaired) electrons. The maximum Gasteiger partial charge on any atom is 0.333 e. The van der Waals surface area contributed by atoms with E-state index in [4.69, 9.17) is 9.73 Å². The van der Waals surface area contributed by atoms with Gasteiger partial charge in [0.15, 0.2) is 0 Å². The van der Waals surface area contributed by atoms with Crippen molar-refractivity contribution in [2.45, 2.75) is 6.04 Å². The molecule has 3 heterocycles. The van der Waals surface area contributed by atoms with Gasteiger partial charge in [0, 0.05) is 46.0 Å². The Hall–Kier alpha value is -3.98. The van der Waals surface area contributed by atoms with Crippen LogP contribution in [0.5, 0.6) is 5.75 Å². The average molecular weight is 502 g/mol. The Kier molecular flexibility index (Phi) is 7.05. The molecule has 1 atom stereocenters. The standard InChI is InChI=1S/C28H33N6O3/c1-30-26-25(27(35)31(2)28(30)36)34(15-7-10-21-8-5-4-6-9-21)24(29-26)20-32-16-18-33(19-17-32)22-11-13-23(37-3)14-12-22/h4-14,25H,15-20H2,1-3H3/q+1/b10-7+. The molecule has 0 saturated carbocycles. The lowest BCUT2D eigenvalue weighted by Gasteiger charge is -2.35. The molecule has 0 aromatic heterocycles. The number of rotatable bonds is 7. The summed E-state index contributed by atoms with van der Waals surface area (Å²) in [5.41, 5.74) is 2.28. The zero-order valence-corrected chi connectivity index (χ0v) is 21.6. The zero-order valence-electron chi connectivity index (χ0n) is 21.6. The van der Waals surface area contributed by atoms with Gasteiger partial charge < -0.3 is 9.64 Å². The normalized spacial score (nSPS) is 20.7. The molecule has 0 bridgehead atoms. The van der Waals surface area contributed by atoms with E-state index < -0.39 is 6.04 Å². The number of piperazine rings is 1. The molecule has 2 fully saturated rings. The maximum absolute atomic E-state index is 13.2. The fraction of sp³-hybridized carbons (Fsp3) is 0.357. The number of hydrogen-bond donors (Lipinski definition) is 0. The molecule has 0 spiro atoms. The Morgan fingerprint density at radius 3 is 2.35 bits per heavy atom. The topological polar surface area (TPSA) is 71.7 Å². The Morgan fingerprint density at radius 1 is 0.973 bits per heavy atom. The lowest BCUT2D eigenvalue weighted by molar-refractivity contribution is -0.526. The van der Waals surface area contributed by atoms with E-state index in [0.29, 0.717) is 18.9 Å². The second-order valence-corrected chi connectivity index (χ2v) is 9.45. The highest BCUT2D eigenvalue weighted by atomic mass is 16.5. The minimum Gasteiger partial charge on any atom is -0.497 e. The third-order valence-corrected chi connectivity index (χ3v) is 7.20. The number of carbonyl (C=O) groups is 2. The van der Waals surface area contributed by atoms with E-state index in [2.05, 4.69) is 34.1 Å². The molecule has 5 rings (SSSR count). The van der Waals surface area contributed by atoms with Crippen LogP contribution in [0.1, 0.15) is 5.56 Å². The van der Waals surface area contributed by atoms with Gasteiger partial charge in [-0.25, -0.2) is 9.37 Å². The van der Waals surface area contributed by atoms with Crippen molar-refractivity contribution in [3.05, 3.63) is 66.2 Å². The van der Waals surface area contributed by atoms with Crippen LogP contribution in [0.4, 0.5) is 10.5 Å². The van der Waals surface area contributed by atoms with E-state index in [1.165, 1.54) is 22.5 Å². The molecule has 0 aliphatic carbocycles. The number of amidine groups is 2. The summed E-state index contributed by atoms with van der Waals surface area (Å²) in [6, 6.07) is 17.3. The van der Waals surface area contributed by atoms with Gasteiger partial charge in [0.1, 0.15) is 18.8 Å². The number of benzene rings is 2. The molecular formula is C28H33N6O3+. The van der Waals surface area contributed by atoms with Gasteiger partial charge in [-0.05, 0) is 40.9 Å². The fourth-order valence-corrected chi connectivity index (χ4v) is 5.01. The summed E-state index contributed by atoms with van der Waals surface area (Å²) < 4.78 is 7.31. The van der Waals surface area contributed by atoms with Crippen molar-refractivity contribution in [1.29, 1.82) is 0 Å². The predicted molar refractivity (Wildman–Crippen MR) is 144 cm³/mol. The average Bonchev–Trinajstić information content (AvgIpc) is 3.29. The van der Waals surface area contributed by atoms with E-state index in [1.54, 1.807) is 14.2 Å². The SMILES string of the molecule is COc1ccc(N2CCN(CC3=[N+](C/C=C/c4ccccc4)C4C(=O)N(C)C(=O)N(C)C4=N3)CC2)cc1. The number of carbonyl (C=O) groups excluding carboxylic acids is 2. The molecule has 1 unspecified atom stereocenters. The first kappa shape index (κ1) is 24.7. The van der Waals surface area contributed by atoms with Crippen LogP contribution in [-0.2, 0) is 4.79 Å². The van der Waals surface area contributed by atoms with Gasteiger partial charge in [0.05, 0.1) is 7.11 Å². The van der Waals surface area contributed by atoms with Crippen LogP contribution in [-0.4, -0.2) is 109 Å². The van der Waals surface area contributed by atoms with Crippen molar-refractivity contribution < 1.29 is 18.9 Å². The van der Waals surface area contributed by atoms with Crippen molar-refractivity contribution in [3.8, 4) is 5.75 Å². The molecule has 3 aliphatic heterocycles. The van der Waals surface area contributed by atoms with Crippen LogP contribution in [0, 0.1) is 0 Å². The first-order valence-corrected chi connectivity index (χ1v) is 12.6. The number of urea groups is 1. The number of fused-ring (bicyclic) bond motifs is 1. The van der Waals surface area contributed by atoms with E-state index in [0.717, 1.165) is 43.3 Å². The Balaban J connectivity index is 1.33. The van der Waals surface area contributed by atoms with Crippen molar-refractivity contribution >= 4 is 35.4 Å². The quantitative estimate of drug-likeness (QED) is 0.545. The third kappa shape index (κ3) is 4.99. The summed E-state index contributed by atoms with van der Waals surface area (Å²) in [5.74, 6) is 1.94. The Morgan fingerprint density at radius 2 is 1.68 bits per heavy atom. The van der Waals surface area contributed by atoms with Crippen LogP contribution < -0.4 is 9.64 Å². The Labute approximate surface area is 217 Å². The number of ether oxygens (including phenoxy) is 1. The summed E-state index contributed by atoms with van der Waals surface area (Å²) >= 11 is 0. The molecular weight excluding hydrogens is 468 g/mol. The van der Waals surface area contributed by atoms with Crippen LogP contribution in [0.15, 0.2) is 65.7 Å². The van der Waals surface area contributed by atoms with Gasteiger partial charge in [0.25, 0.3) is 17.8 Å². The van der Waals surface area contributed by atoms with Crippen molar-refractivity contribution in [1.82, 2.24) is 14.7 Å². The highest BCUT2D eigenvalue weighted by Crippen LogP contribution is 2.22. The van der Waals surface area contributed by atoms with Gasteiger partial charge in [-0.1, -0.05) is 36.4 Å². The molecule has 2 aromatic rings. The minimum atomic E-state index is -0.594. The molecule has 192 valence electrons. The van der Waals surface area contributed by atoms with Crippen molar-refractivity contribution in [2.24, 2.45) is 4.99 Å². The molecule has 37 heavy (non-hydrogen) atoms. The fourth-order valence-electron chi connectivity index (χ4n) is 5.01. The smallest absolute Gasteiger partial charge is 0.333 e. The van der Waals surface area contributed by atoms with Gasteiger partial charge in [-0.15, -0.1) is 0 Å². The lowest BCUT2D eigenvalue weighted by Crippen LogP contribution is -2.61. The van der Waals surface area contributed by atoms with Crippen LogP contribution in [0.2, 0.25) is 0 Å². The van der Waals surface area contributed by atoms with Crippen LogP contribution in [0.3, 0.4) is 0 Å². The molecule has 3 amide bonds. The van der Waals surface area contributed by atoms with E-state index in [9.17, 15) is 9.59 Å². The largest absolute Gasteiger partial charge is 0.497 e. The summed E-state index contributed by atoms with van der Waals surface area (Å²) in [6.07, 6.45) is 4.11. The monoisotopic (exact) mass is 501 g/mol. The van der Waals surface area contributed by atoms with E-state index in [1.807, 2.05) is 47.0 Å². The number of likely N-dealkylation sites (N-methyl/N-ethyl adjacent to an activating group) is 2. The first-order chi connectivity index (χ1) is 18.0. The number of imide groups is 1. The van der Waals surface area contributed by atoms with E-state index in [-0.39, 0.29) is 11.9 Å². The van der Waals surface area contributed by atoms with Gasteiger partial charge in [0.2, 0.25) is 0 Å². The van der Waals surface area contributed by atoms with E-state index >= 15 is 0 Å². The number of methoxy groups -OCH3 is 1. The molecule has 0 N–H and O–H groups in total. The predicted octanol–water partition coefficient (Wildman–Crippen LogP) is 2.25. The number of aliphatic imine (C=N–C) groups is 1. The van der Waals surface area contributed by atoms with Crippen LogP contribution in [0.25, 0.3) is 6.08 Å². The first-order valence-electron chi connectivity index (χ1n) is 12.6. The van der Waals surface area contributed by atoms with Gasteiger partial charge in [-0.3, -0.25) is 19.5 Å². The molecule has 9 nitrogen and oxygen atoms in total. The zero-order chi connectivity index (χ0) is 25.9. The molecule has 9 heteroatoms. The van der Waals surface area contributed by atoms with Crippen molar-refractivity contribution in [3.63, 3.8) is 0 Å². The number of nitrogens with zero attached hydrogens (tertiary/aromatic N) is 6. The van der Waals surface area contributed by atoms with Gasteiger partial charge >= 0.3 is 11.9 Å². The van der Waals surface area contributed by atoms with Gasteiger partial charge in [-0.2, -0.15) is 0 Å². The summed E-state index contributed by atoms with van der Waals surface area (Å²) in [6.45, 7) is 4.69. The lowest BCUT2D eigenvalue weighted by atomic mass is 10.1. The third-order valence-electron chi connectivity index (χ3n) is 7.20. The summed E-state index contributed by atoms with van der Waals surface area (Å²) in [7, 11) is 4.89. The number of anilines is 1. The second kappa shape index (κ2) is 10.6. The Bertz CT molecular complexity index is 1250. The maximum atomic E-state index is 13.2. The highest BCUT2D eigenvalue weighted by Gasteiger charge is 2.52. The molecule has 2 aromatic carbocycles. The molecule has 3 aliphatic rings. The second-order valence-electron chi connectivity index (χ2n) is 9.45. The number of hydrogen-bond acceptors (Lipinski definition) is 6. The summed E-state index contributed by atoms with van der Waals surface area (Å²) in [5, 5.41) is 0. The minimum absolute atomic E-state index is 0.241. The van der Waals surface area contributed by atoms with Crippen LogP contribution >= 0.6 is 0 Å². The summed E-state index contributed by atoms with van der Waals surface area (Å²) in [4.78, 5) is 38.0.